The Morgan fingerprint density at radius 2 is 1.57 bits per heavy atom. The Morgan fingerprint density at radius 1 is 0.929 bits per heavy atom. The summed E-state index contributed by atoms with van der Waals surface area (Å²) in [5, 5.41) is 13.6. The number of piperazine rings is 1. The molecule has 6 nitrogen and oxygen atoms in total. The molecule has 0 radical (unpaired) electrons. The van der Waals surface area contributed by atoms with E-state index in [2.05, 4.69) is 32.4 Å². The molecule has 1 aliphatic rings. The molecule has 1 unspecified atom stereocenters. The van der Waals surface area contributed by atoms with Gasteiger partial charge in [0.05, 0.1) is 6.04 Å². The second-order valence-corrected chi connectivity index (χ2v) is 7.31. The van der Waals surface area contributed by atoms with Crippen LogP contribution in [0.25, 0.3) is 10.8 Å². The Morgan fingerprint density at radius 3 is 2.29 bits per heavy atom. The molecule has 4 rings (SSSR count). The lowest BCUT2D eigenvalue weighted by molar-refractivity contribution is 0.0935. The topological polar surface area (TPSA) is 61.4 Å². The first kappa shape index (κ1) is 18.4. The third-order valence-corrected chi connectivity index (χ3v) is 5.33. The fourth-order valence-corrected chi connectivity index (χ4v) is 3.60. The highest BCUT2D eigenvalue weighted by atomic mass is 16.2. The van der Waals surface area contributed by atoms with Crippen LogP contribution in [0.15, 0.2) is 54.6 Å². The van der Waals surface area contributed by atoms with Crippen LogP contribution < -0.4 is 10.2 Å². The molecule has 2 heterocycles. The molecule has 0 bridgehead atoms. The summed E-state index contributed by atoms with van der Waals surface area (Å²) >= 11 is 0. The number of likely N-dealkylation sites (N-methyl/N-ethyl adjacent to an activating group) is 1. The van der Waals surface area contributed by atoms with Crippen LogP contribution in [0.4, 0.5) is 5.82 Å². The van der Waals surface area contributed by atoms with Crippen molar-refractivity contribution in [2.24, 2.45) is 0 Å². The van der Waals surface area contributed by atoms with Gasteiger partial charge in [-0.2, -0.15) is 0 Å². The maximum atomic E-state index is 12.9. The molecule has 1 N–H and O–H groups in total. The molecule has 1 saturated heterocycles. The summed E-state index contributed by atoms with van der Waals surface area (Å²) in [7, 11) is 2.13. The number of hydrogen-bond donors (Lipinski definition) is 1. The van der Waals surface area contributed by atoms with Crippen molar-refractivity contribution >= 4 is 22.5 Å². The molecule has 1 atom stereocenters. The summed E-state index contributed by atoms with van der Waals surface area (Å²) in [4.78, 5) is 17.5. The van der Waals surface area contributed by atoms with Crippen LogP contribution in [0.3, 0.4) is 0 Å². The molecule has 3 aromatic rings. The van der Waals surface area contributed by atoms with E-state index in [9.17, 15) is 4.79 Å². The highest BCUT2D eigenvalue weighted by Gasteiger charge is 2.22. The minimum Gasteiger partial charge on any atom is -0.352 e. The molecule has 0 aliphatic carbocycles. The predicted octanol–water partition coefficient (Wildman–Crippen LogP) is 2.87. The van der Waals surface area contributed by atoms with Crippen LogP contribution in [-0.2, 0) is 0 Å². The quantitative estimate of drug-likeness (QED) is 0.760. The average molecular weight is 375 g/mol. The molecule has 6 heteroatoms. The van der Waals surface area contributed by atoms with Crippen molar-refractivity contribution in [3.63, 3.8) is 0 Å². The molecule has 0 spiro atoms. The van der Waals surface area contributed by atoms with Gasteiger partial charge in [-0.25, -0.2) is 0 Å². The SMILES string of the molecule is CC(NC(=O)c1nnc(N2CCN(C)CC2)c2ccccc12)c1ccccc1. The van der Waals surface area contributed by atoms with Crippen molar-refractivity contribution in [2.75, 3.05) is 38.1 Å². The number of rotatable bonds is 4. The van der Waals surface area contributed by atoms with Crippen molar-refractivity contribution in [2.45, 2.75) is 13.0 Å². The van der Waals surface area contributed by atoms with Crippen molar-refractivity contribution in [1.82, 2.24) is 20.4 Å². The van der Waals surface area contributed by atoms with Gasteiger partial charge in [0.2, 0.25) is 0 Å². The Labute approximate surface area is 165 Å². The van der Waals surface area contributed by atoms with Gasteiger partial charge < -0.3 is 15.1 Å². The third kappa shape index (κ3) is 3.68. The third-order valence-electron chi connectivity index (χ3n) is 5.33. The zero-order valence-corrected chi connectivity index (χ0v) is 16.3. The lowest BCUT2D eigenvalue weighted by Crippen LogP contribution is -2.45. The smallest absolute Gasteiger partial charge is 0.272 e. The molecule has 1 amide bonds. The van der Waals surface area contributed by atoms with Gasteiger partial charge in [-0.1, -0.05) is 54.6 Å². The first-order valence-corrected chi connectivity index (χ1v) is 9.68. The number of benzene rings is 2. The van der Waals surface area contributed by atoms with Crippen LogP contribution in [-0.4, -0.2) is 54.2 Å². The zero-order valence-electron chi connectivity index (χ0n) is 16.3. The molecule has 2 aromatic carbocycles. The van der Waals surface area contributed by atoms with E-state index < -0.39 is 0 Å². The monoisotopic (exact) mass is 375 g/mol. The van der Waals surface area contributed by atoms with E-state index >= 15 is 0 Å². The van der Waals surface area contributed by atoms with Gasteiger partial charge in [0, 0.05) is 37.0 Å². The number of anilines is 1. The molecule has 144 valence electrons. The summed E-state index contributed by atoms with van der Waals surface area (Å²) in [6, 6.07) is 17.7. The van der Waals surface area contributed by atoms with Crippen LogP contribution in [0.5, 0.6) is 0 Å². The van der Waals surface area contributed by atoms with Gasteiger partial charge in [-0.3, -0.25) is 4.79 Å². The normalized spacial score (nSPS) is 16.1. The van der Waals surface area contributed by atoms with E-state index in [1.165, 1.54) is 0 Å². The Hall–Kier alpha value is -2.99. The largest absolute Gasteiger partial charge is 0.352 e. The maximum Gasteiger partial charge on any atom is 0.272 e. The minimum atomic E-state index is -0.204. The van der Waals surface area contributed by atoms with E-state index in [0.29, 0.717) is 5.69 Å². The summed E-state index contributed by atoms with van der Waals surface area (Å²) in [6.45, 7) is 5.78. The summed E-state index contributed by atoms with van der Waals surface area (Å²) < 4.78 is 0. The van der Waals surface area contributed by atoms with Crippen LogP contribution in [0.1, 0.15) is 29.0 Å². The second kappa shape index (κ2) is 7.94. The van der Waals surface area contributed by atoms with Gasteiger partial charge in [-0.15, -0.1) is 10.2 Å². The standard InChI is InChI=1S/C22H25N5O/c1-16(17-8-4-3-5-9-17)23-22(28)20-18-10-6-7-11-19(18)21(25-24-20)27-14-12-26(2)13-15-27/h3-11,16H,12-15H2,1-2H3,(H,23,28). The Kier molecular flexibility index (Phi) is 5.21. The van der Waals surface area contributed by atoms with Gasteiger partial charge in [0.15, 0.2) is 11.5 Å². The van der Waals surface area contributed by atoms with E-state index in [1.807, 2.05) is 61.5 Å². The van der Waals surface area contributed by atoms with Crippen molar-refractivity contribution in [3.8, 4) is 0 Å². The van der Waals surface area contributed by atoms with E-state index in [0.717, 1.165) is 48.3 Å². The fourth-order valence-electron chi connectivity index (χ4n) is 3.60. The predicted molar refractivity (Wildman–Crippen MR) is 112 cm³/mol. The van der Waals surface area contributed by atoms with Crippen molar-refractivity contribution in [3.05, 3.63) is 65.9 Å². The number of nitrogens with zero attached hydrogens (tertiary/aromatic N) is 4. The number of carbonyl (C=O) groups is 1. The number of fused-ring (bicyclic) bond motifs is 1. The summed E-state index contributed by atoms with van der Waals surface area (Å²) in [6.07, 6.45) is 0. The lowest BCUT2D eigenvalue weighted by Gasteiger charge is -2.33. The minimum absolute atomic E-state index is 0.105. The molecule has 1 aromatic heterocycles. The molecular weight excluding hydrogens is 350 g/mol. The van der Waals surface area contributed by atoms with Gasteiger partial charge in [-0.05, 0) is 19.5 Å². The first-order valence-electron chi connectivity index (χ1n) is 9.68. The van der Waals surface area contributed by atoms with Gasteiger partial charge in [0.25, 0.3) is 5.91 Å². The number of carbonyl (C=O) groups excluding carboxylic acids is 1. The molecular formula is C22H25N5O. The van der Waals surface area contributed by atoms with Crippen molar-refractivity contribution < 1.29 is 4.79 Å². The van der Waals surface area contributed by atoms with Crippen LogP contribution in [0.2, 0.25) is 0 Å². The summed E-state index contributed by atoms with van der Waals surface area (Å²) in [5.41, 5.74) is 1.43. The van der Waals surface area contributed by atoms with E-state index in [-0.39, 0.29) is 11.9 Å². The first-order chi connectivity index (χ1) is 13.6. The highest BCUT2D eigenvalue weighted by Crippen LogP contribution is 2.27. The highest BCUT2D eigenvalue weighted by molar-refractivity contribution is 6.07. The molecule has 28 heavy (non-hydrogen) atoms. The molecule has 1 aliphatic heterocycles. The fraction of sp³-hybridized carbons (Fsp3) is 0.318. The van der Waals surface area contributed by atoms with Gasteiger partial charge in [0.1, 0.15) is 0 Å². The lowest BCUT2D eigenvalue weighted by atomic mass is 10.1. The number of nitrogens with one attached hydrogen (secondary N) is 1. The number of aromatic nitrogens is 2. The molecule has 0 saturated carbocycles. The van der Waals surface area contributed by atoms with Crippen LogP contribution in [0, 0.1) is 0 Å². The van der Waals surface area contributed by atoms with Crippen LogP contribution >= 0.6 is 0 Å². The number of hydrogen-bond acceptors (Lipinski definition) is 5. The van der Waals surface area contributed by atoms with Gasteiger partial charge >= 0.3 is 0 Å². The van der Waals surface area contributed by atoms with E-state index in [1.54, 1.807) is 0 Å². The maximum absolute atomic E-state index is 12.9. The number of amides is 1. The molecule has 1 fully saturated rings. The Balaban J connectivity index is 1.63. The summed E-state index contributed by atoms with van der Waals surface area (Å²) in [5.74, 6) is 0.654. The van der Waals surface area contributed by atoms with Crippen molar-refractivity contribution in [1.29, 1.82) is 0 Å². The zero-order chi connectivity index (χ0) is 19.5. The van der Waals surface area contributed by atoms with E-state index in [4.69, 9.17) is 0 Å². The second-order valence-electron chi connectivity index (χ2n) is 7.31. The Bertz CT molecular complexity index is 967. The average Bonchev–Trinajstić information content (AvgIpc) is 2.74.